The first-order valence-corrected chi connectivity index (χ1v) is 9.53. The van der Waals surface area contributed by atoms with E-state index in [1.807, 2.05) is 0 Å². The molecule has 0 bridgehead atoms. The molecule has 1 aliphatic heterocycles. The summed E-state index contributed by atoms with van der Waals surface area (Å²) >= 11 is 0.778. The summed E-state index contributed by atoms with van der Waals surface area (Å²) in [5.41, 5.74) is -0.221. The van der Waals surface area contributed by atoms with Gasteiger partial charge in [0.25, 0.3) is 16.8 Å². The average molecular weight is 392 g/mol. The number of benzene rings is 1. The van der Waals surface area contributed by atoms with Crippen LogP contribution >= 0.6 is 11.8 Å². The number of methoxy groups -OCH3 is 1. The number of nitrogens with zero attached hydrogens (tertiary/aromatic N) is 2. The second-order valence-corrected chi connectivity index (χ2v) is 7.63. The number of imide groups is 1. The van der Waals surface area contributed by atoms with E-state index in [0.717, 1.165) is 49.6 Å². The number of carbonyl (C=O) groups is 2. The van der Waals surface area contributed by atoms with E-state index in [4.69, 9.17) is 4.74 Å². The predicted molar refractivity (Wildman–Crippen MR) is 101 cm³/mol. The highest BCUT2D eigenvalue weighted by atomic mass is 32.2. The summed E-state index contributed by atoms with van der Waals surface area (Å²) < 4.78 is 4.96. The molecule has 0 spiro atoms. The maximum Gasteiger partial charge on any atom is 0.293 e. The Labute approximate surface area is 160 Å². The van der Waals surface area contributed by atoms with E-state index >= 15 is 0 Å². The zero-order valence-electron chi connectivity index (χ0n) is 14.8. The van der Waals surface area contributed by atoms with Gasteiger partial charge in [0.15, 0.2) is 11.5 Å². The highest BCUT2D eigenvalue weighted by Gasteiger charge is 2.36. The minimum atomic E-state index is -0.617. The van der Waals surface area contributed by atoms with Crippen LogP contribution in [0.4, 0.5) is 10.5 Å². The molecule has 0 radical (unpaired) electrons. The van der Waals surface area contributed by atoms with Crippen LogP contribution in [0.15, 0.2) is 17.0 Å². The topological polar surface area (TPSA) is 110 Å². The minimum absolute atomic E-state index is 0.0595. The van der Waals surface area contributed by atoms with E-state index in [-0.39, 0.29) is 32.9 Å². The fraction of sp³-hybridized carbons (Fsp3) is 0.444. The average Bonchev–Trinajstić information content (AvgIpc) is 2.91. The molecule has 1 aromatic rings. The third-order valence-electron chi connectivity index (χ3n) is 4.85. The summed E-state index contributed by atoms with van der Waals surface area (Å²) in [4.78, 5) is 36.7. The molecule has 9 heteroatoms. The number of rotatable bonds is 5. The SMILES string of the molecule is COc1cc([N+](=O)[O-])cc(/C=C2/SC(=O)N(CC3CCCCC3)C2=O)c1O. The van der Waals surface area contributed by atoms with Crippen molar-refractivity contribution in [3.63, 3.8) is 0 Å². The maximum atomic E-state index is 12.6. The number of nitro benzene ring substituents is 1. The number of amides is 2. The Morgan fingerprint density at radius 2 is 2.04 bits per heavy atom. The molecule has 1 aliphatic carbocycles. The number of nitro groups is 1. The first-order chi connectivity index (χ1) is 12.9. The molecule has 2 aliphatic rings. The lowest BCUT2D eigenvalue weighted by atomic mass is 9.89. The number of phenolic OH excluding ortho intramolecular Hbond substituents is 1. The van der Waals surface area contributed by atoms with Crippen molar-refractivity contribution in [2.45, 2.75) is 32.1 Å². The van der Waals surface area contributed by atoms with Gasteiger partial charge in [-0.1, -0.05) is 19.3 Å². The highest BCUT2D eigenvalue weighted by Crippen LogP contribution is 2.39. The Morgan fingerprint density at radius 1 is 1.33 bits per heavy atom. The van der Waals surface area contributed by atoms with Gasteiger partial charge in [-0.05, 0) is 36.6 Å². The number of ether oxygens (including phenoxy) is 1. The number of non-ortho nitro benzene ring substituents is 1. The van der Waals surface area contributed by atoms with Gasteiger partial charge in [-0.25, -0.2) is 0 Å². The van der Waals surface area contributed by atoms with Gasteiger partial charge in [-0.3, -0.25) is 24.6 Å². The number of thioether (sulfide) groups is 1. The Kier molecular flexibility index (Phi) is 5.69. The summed E-state index contributed by atoms with van der Waals surface area (Å²) in [7, 11) is 1.28. The number of carbonyl (C=O) groups excluding carboxylic acids is 2. The van der Waals surface area contributed by atoms with Gasteiger partial charge in [-0.15, -0.1) is 0 Å². The molecule has 144 valence electrons. The van der Waals surface area contributed by atoms with E-state index in [1.165, 1.54) is 24.5 Å². The van der Waals surface area contributed by atoms with Crippen LogP contribution in [-0.4, -0.2) is 39.7 Å². The molecule has 2 amide bonds. The molecular formula is C18H20N2O6S. The predicted octanol–water partition coefficient (Wildman–Crippen LogP) is 3.93. The van der Waals surface area contributed by atoms with Crippen molar-refractivity contribution in [1.82, 2.24) is 4.90 Å². The lowest BCUT2D eigenvalue weighted by molar-refractivity contribution is -0.385. The van der Waals surface area contributed by atoms with Crippen LogP contribution in [0.25, 0.3) is 6.08 Å². The molecule has 2 fully saturated rings. The quantitative estimate of drug-likeness (QED) is 0.459. The maximum absolute atomic E-state index is 12.6. The van der Waals surface area contributed by atoms with Gasteiger partial charge in [0.2, 0.25) is 0 Å². The molecule has 0 atom stereocenters. The van der Waals surface area contributed by atoms with Crippen molar-refractivity contribution in [2.75, 3.05) is 13.7 Å². The normalized spacial score (nSPS) is 19.7. The van der Waals surface area contributed by atoms with Gasteiger partial charge in [0, 0.05) is 18.2 Å². The molecule has 3 rings (SSSR count). The number of hydrogen-bond donors (Lipinski definition) is 1. The van der Waals surface area contributed by atoms with Crippen LogP contribution in [-0.2, 0) is 4.79 Å². The molecule has 27 heavy (non-hydrogen) atoms. The molecular weight excluding hydrogens is 372 g/mol. The number of aromatic hydroxyl groups is 1. The van der Waals surface area contributed by atoms with Gasteiger partial charge in [0.05, 0.1) is 23.0 Å². The first kappa shape index (κ1) is 19.2. The standard InChI is InChI=1S/C18H20N2O6S/c1-26-14-9-13(20(24)25)7-12(16(14)21)8-15-17(22)19(18(23)27-15)10-11-5-3-2-4-6-11/h7-9,11,21H,2-6,10H2,1H3/b15-8+. The zero-order valence-corrected chi connectivity index (χ0v) is 15.7. The van der Waals surface area contributed by atoms with Crippen molar-refractivity contribution >= 4 is 34.7 Å². The summed E-state index contributed by atoms with van der Waals surface area (Å²) in [6.07, 6.45) is 6.71. The molecule has 1 saturated carbocycles. The molecule has 0 unspecified atom stereocenters. The van der Waals surface area contributed by atoms with Crippen molar-refractivity contribution in [3.8, 4) is 11.5 Å². The lowest BCUT2D eigenvalue weighted by Gasteiger charge is -2.25. The Hall–Kier alpha value is -2.55. The molecule has 1 heterocycles. The van der Waals surface area contributed by atoms with Crippen molar-refractivity contribution in [1.29, 1.82) is 0 Å². The van der Waals surface area contributed by atoms with E-state index in [0.29, 0.717) is 12.5 Å². The Bertz CT molecular complexity index is 816. The van der Waals surface area contributed by atoms with E-state index < -0.39 is 10.8 Å². The Morgan fingerprint density at radius 3 is 2.67 bits per heavy atom. The smallest absolute Gasteiger partial charge is 0.293 e. The van der Waals surface area contributed by atoms with Crippen LogP contribution in [0.5, 0.6) is 11.5 Å². The molecule has 0 aromatic heterocycles. The van der Waals surface area contributed by atoms with Crippen LogP contribution in [0.2, 0.25) is 0 Å². The minimum Gasteiger partial charge on any atom is -0.504 e. The highest BCUT2D eigenvalue weighted by molar-refractivity contribution is 8.18. The van der Waals surface area contributed by atoms with Gasteiger partial charge in [-0.2, -0.15) is 0 Å². The van der Waals surface area contributed by atoms with E-state index in [9.17, 15) is 24.8 Å². The third-order valence-corrected chi connectivity index (χ3v) is 5.75. The number of phenols is 1. The monoisotopic (exact) mass is 392 g/mol. The van der Waals surface area contributed by atoms with Crippen molar-refractivity contribution < 1.29 is 24.4 Å². The molecule has 8 nitrogen and oxygen atoms in total. The molecule has 1 saturated heterocycles. The van der Waals surface area contributed by atoms with Crippen LogP contribution < -0.4 is 4.74 Å². The summed E-state index contributed by atoms with van der Waals surface area (Å²) in [5, 5.41) is 20.9. The summed E-state index contributed by atoms with van der Waals surface area (Å²) in [6.45, 7) is 0.395. The second kappa shape index (κ2) is 7.99. The largest absolute Gasteiger partial charge is 0.504 e. The fourth-order valence-corrected chi connectivity index (χ4v) is 4.25. The van der Waals surface area contributed by atoms with Crippen LogP contribution in [0.1, 0.15) is 37.7 Å². The second-order valence-electron chi connectivity index (χ2n) is 6.64. The van der Waals surface area contributed by atoms with Gasteiger partial charge >= 0.3 is 0 Å². The van der Waals surface area contributed by atoms with Gasteiger partial charge < -0.3 is 9.84 Å². The van der Waals surface area contributed by atoms with Crippen LogP contribution in [0.3, 0.4) is 0 Å². The molecule has 1 N–H and O–H groups in total. The van der Waals surface area contributed by atoms with Crippen molar-refractivity contribution in [3.05, 3.63) is 32.7 Å². The first-order valence-electron chi connectivity index (χ1n) is 8.71. The van der Waals surface area contributed by atoms with Crippen LogP contribution in [0, 0.1) is 16.0 Å². The summed E-state index contributed by atoms with van der Waals surface area (Å²) in [5.74, 6) is -0.502. The van der Waals surface area contributed by atoms with Crippen molar-refractivity contribution in [2.24, 2.45) is 5.92 Å². The Balaban J connectivity index is 1.87. The lowest BCUT2D eigenvalue weighted by Crippen LogP contribution is -2.34. The van der Waals surface area contributed by atoms with E-state index in [1.54, 1.807) is 0 Å². The molecule has 1 aromatic carbocycles. The fourth-order valence-electron chi connectivity index (χ4n) is 3.41. The van der Waals surface area contributed by atoms with E-state index in [2.05, 4.69) is 0 Å². The zero-order chi connectivity index (χ0) is 19.6. The summed E-state index contributed by atoms with van der Waals surface area (Å²) in [6, 6.07) is 2.24. The third kappa shape index (κ3) is 4.08. The number of hydrogen-bond acceptors (Lipinski definition) is 7. The van der Waals surface area contributed by atoms with Gasteiger partial charge in [0.1, 0.15) is 0 Å².